The van der Waals surface area contributed by atoms with Crippen molar-refractivity contribution in [1.82, 2.24) is 10.2 Å². The van der Waals surface area contributed by atoms with Crippen LogP contribution in [0.5, 0.6) is 5.75 Å². The van der Waals surface area contributed by atoms with Gasteiger partial charge in [0.1, 0.15) is 5.75 Å². The lowest BCUT2D eigenvalue weighted by molar-refractivity contribution is -0.127. The van der Waals surface area contributed by atoms with Gasteiger partial charge in [-0.1, -0.05) is 24.3 Å². The molecule has 1 N–H and O–H groups in total. The Bertz CT molecular complexity index is 850. The number of nitrogens with zero attached hydrogens (tertiary/aromatic N) is 1. The predicted octanol–water partition coefficient (Wildman–Crippen LogP) is 3.77. The molecule has 1 aliphatic rings. The summed E-state index contributed by atoms with van der Waals surface area (Å²) in [6.45, 7) is 3.69. The van der Waals surface area contributed by atoms with Gasteiger partial charge < -0.3 is 15.0 Å². The maximum atomic E-state index is 12.8. The van der Waals surface area contributed by atoms with E-state index < -0.39 is 0 Å². The van der Waals surface area contributed by atoms with Crippen molar-refractivity contribution in [2.75, 3.05) is 26.0 Å². The zero-order valence-electron chi connectivity index (χ0n) is 17.0. The topological polar surface area (TPSA) is 58.6 Å². The van der Waals surface area contributed by atoms with Crippen molar-refractivity contribution in [3.05, 3.63) is 59.7 Å². The zero-order valence-corrected chi connectivity index (χ0v) is 17.8. The summed E-state index contributed by atoms with van der Waals surface area (Å²) in [6.07, 6.45) is 2.88. The first kappa shape index (κ1) is 21.2. The Kier molecular flexibility index (Phi) is 7.58. The number of carbonyl (C=O) groups is 2. The van der Waals surface area contributed by atoms with Crippen molar-refractivity contribution in [1.29, 1.82) is 0 Å². The standard InChI is InChI=1S/C23H28N2O3S/c1-17(14-18-8-7-9-19(15-18)28-2)24-23(27)20-10-3-4-11-21(20)29-16-22(26)25-12-5-6-13-25/h3-4,7-11,15,17H,5-6,12-14,16H2,1-2H3,(H,24,27). The molecule has 2 aromatic rings. The number of amides is 2. The molecule has 0 spiro atoms. The molecule has 1 heterocycles. The third-order valence-electron chi connectivity index (χ3n) is 5.00. The van der Waals surface area contributed by atoms with Crippen LogP contribution in [0.1, 0.15) is 35.7 Å². The van der Waals surface area contributed by atoms with Gasteiger partial charge in [0.15, 0.2) is 0 Å². The highest BCUT2D eigenvalue weighted by atomic mass is 32.2. The minimum absolute atomic E-state index is 0.0288. The first-order valence-corrected chi connectivity index (χ1v) is 11.0. The van der Waals surface area contributed by atoms with Crippen molar-refractivity contribution in [3.8, 4) is 5.75 Å². The highest BCUT2D eigenvalue weighted by molar-refractivity contribution is 8.00. The molecular weight excluding hydrogens is 384 g/mol. The van der Waals surface area contributed by atoms with Crippen LogP contribution in [0, 0.1) is 0 Å². The maximum Gasteiger partial charge on any atom is 0.252 e. The second-order valence-corrected chi connectivity index (χ2v) is 8.32. The lowest BCUT2D eigenvalue weighted by Crippen LogP contribution is -2.34. The van der Waals surface area contributed by atoms with Crippen LogP contribution in [0.4, 0.5) is 0 Å². The summed E-state index contributed by atoms with van der Waals surface area (Å²) in [7, 11) is 1.65. The van der Waals surface area contributed by atoms with Crippen LogP contribution in [0.15, 0.2) is 53.4 Å². The molecule has 1 atom stereocenters. The summed E-state index contributed by atoms with van der Waals surface area (Å²) >= 11 is 1.44. The summed E-state index contributed by atoms with van der Waals surface area (Å²) in [6, 6.07) is 15.3. The molecule has 29 heavy (non-hydrogen) atoms. The van der Waals surface area contributed by atoms with Gasteiger partial charge in [-0.3, -0.25) is 9.59 Å². The summed E-state index contributed by atoms with van der Waals surface area (Å²) in [4.78, 5) is 27.9. The molecular formula is C23H28N2O3S. The number of benzene rings is 2. The molecule has 2 amide bonds. The predicted molar refractivity (Wildman–Crippen MR) is 117 cm³/mol. The van der Waals surface area contributed by atoms with Gasteiger partial charge in [-0.25, -0.2) is 0 Å². The van der Waals surface area contributed by atoms with Gasteiger partial charge >= 0.3 is 0 Å². The third kappa shape index (κ3) is 6.00. The molecule has 1 aliphatic heterocycles. The average Bonchev–Trinajstić information content (AvgIpc) is 3.27. The number of hydrogen-bond acceptors (Lipinski definition) is 4. The number of nitrogens with one attached hydrogen (secondary N) is 1. The van der Waals surface area contributed by atoms with Crippen molar-refractivity contribution in [2.24, 2.45) is 0 Å². The normalized spacial score (nSPS) is 14.5. The molecule has 5 nitrogen and oxygen atoms in total. The lowest BCUT2D eigenvalue weighted by Gasteiger charge is -2.17. The van der Waals surface area contributed by atoms with Gasteiger partial charge in [-0.15, -0.1) is 11.8 Å². The van der Waals surface area contributed by atoms with Crippen molar-refractivity contribution in [3.63, 3.8) is 0 Å². The Morgan fingerprint density at radius 2 is 1.90 bits per heavy atom. The van der Waals surface area contributed by atoms with E-state index in [0.29, 0.717) is 17.7 Å². The lowest BCUT2D eigenvalue weighted by atomic mass is 10.1. The molecule has 1 fully saturated rings. The largest absolute Gasteiger partial charge is 0.497 e. The molecule has 0 radical (unpaired) electrons. The molecule has 1 unspecified atom stereocenters. The number of rotatable bonds is 8. The Balaban J connectivity index is 1.59. The van der Waals surface area contributed by atoms with Crippen LogP contribution in [-0.4, -0.2) is 48.7 Å². The van der Waals surface area contributed by atoms with Crippen molar-refractivity contribution in [2.45, 2.75) is 37.1 Å². The van der Waals surface area contributed by atoms with E-state index in [4.69, 9.17) is 4.74 Å². The first-order valence-electron chi connectivity index (χ1n) is 10.00. The van der Waals surface area contributed by atoms with Gasteiger partial charge in [-0.2, -0.15) is 0 Å². The SMILES string of the molecule is COc1cccc(CC(C)NC(=O)c2ccccc2SCC(=O)N2CCCC2)c1. The number of methoxy groups -OCH3 is 1. The van der Waals surface area contributed by atoms with Crippen LogP contribution in [-0.2, 0) is 11.2 Å². The quantitative estimate of drug-likeness (QED) is 0.671. The van der Waals surface area contributed by atoms with Crippen LogP contribution >= 0.6 is 11.8 Å². The molecule has 6 heteroatoms. The number of likely N-dealkylation sites (tertiary alicyclic amines) is 1. The Morgan fingerprint density at radius 1 is 1.14 bits per heavy atom. The molecule has 154 valence electrons. The summed E-state index contributed by atoms with van der Waals surface area (Å²) in [5.74, 6) is 1.21. The van der Waals surface area contributed by atoms with Crippen LogP contribution in [0.2, 0.25) is 0 Å². The Hall–Kier alpha value is -2.47. The van der Waals surface area contributed by atoms with Crippen LogP contribution < -0.4 is 10.1 Å². The maximum absolute atomic E-state index is 12.8. The fraction of sp³-hybridized carbons (Fsp3) is 0.391. The molecule has 0 saturated carbocycles. The summed E-state index contributed by atoms with van der Waals surface area (Å²) in [5.41, 5.74) is 1.72. The van der Waals surface area contributed by atoms with E-state index in [9.17, 15) is 9.59 Å². The van der Waals surface area contributed by atoms with E-state index in [2.05, 4.69) is 5.32 Å². The van der Waals surface area contributed by atoms with E-state index in [0.717, 1.165) is 42.1 Å². The minimum atomic E-state index is -0.114. The number of carbonyl (C=O) groups excluding carboxylic acids is 2. The van der Waals surface area contributed by atoms with Crippen molar-refractivity contribution < 1.29 is 14.3 Å². The van der Waals surface area contributed by atoms with Gasteiger partial charge in [-0.05, 0) is 56.0 Å². The molecule has 0 aromatic heterocycles. The molecule has 0 bridgehead atoms. The second kappa shape index (κ2) is 10.3. The average molecular weight is 413 g/mol. The number of hydrogen-bond donors (Lipinski definition) is 1. The summed E-state index contributed by atoms with van der Waals surface area (Å²) in [5, 5.41) is 3.08. The van der Waals surface area contributed by atoms with Crippen LogP contribution in [0.25, 0.3) is 0 Å². The molecule has 1 saturated heterocycles. The number of ether oxygens (including phenoxy) is 1. The fourth-order valence-corrected chi connectivity index (χ4v) is 4.44. The zero-order chi connectivity index (χ0) is 20.6. The smallest absolute Gasteiger partial charge is 0.252 e. The minimum Gasteiger partial charge on any atom is -0.497 e. The van der Waals surface area contributed by atoms with Crippen molar-refractivity contribution >= 4 is 23.6 Å². The van der Waals surface area contributed by atoms with Gasteiger partial charge in [0.05, 0.1) is 18.4 Å². The Labute approximate surface area is 176 Å². The highest BCUT2D eigenvalue weighted by Crippen LogP contribution is 2.24. The van der Waals surface area contributed by atoms with Gasteiger partial charge in [0.25, 0.3) is 5.91 Å². The molecule has 0 aliphatic carbocycles. The van der Waals surface area contributed by atoms with E-state index in [1.54, 1.807) is 7.11 Å². The molecule has 3 rings (SSSR count). The second-order valence-electron chi connectivity index (χ2n) is 7.30. The molecule has 2 aromatic carbocycles. The van der Waals surface area contributed by atoms with Gasteiger partial charge in [0.2, 0.25) is 5.91 Å². The van der Waals surface area contributed by atoms with Gasteiger partial charge in [0, 0.05) is 24.0 Å². The Morgan fingerprint density at radius 3 is 2.66 bits per heavy atom. The fourth-order valence-electron chi connectivity index (χ4n) is 3.48. The number of thioether (sulfide) groups is 1. The first-order chi connectivity index (χ1) is 14.1. The third-order valence-corrected chi connectivity index (χ3v) is 6.05. The van der Waals surface area contributed by atoms with Crippen LogP contribution in [0.3, 0.4) is 0 Å². The van der Waals surface area contributed by atoms with E-state index >= 15 is 0 Å². The highest BCUT2D eigenvalue weighted by Gasteiger charge is 2.19. The van der Waals surface area contributed by atoms with E-state index in [-0.39, 0.29) is 17.9 Å². The monoisotopic (exact) mass is 412 g/mol. The summed E-state index contributed by atoms with van der Waals surface area (Å²) < 4.78 is 5.26. The van der Waals surface area contributed by atoms with E-state index in [1.165, 1.54) is 11.8 Å². The van der Waals surface area contributed by atoms with E-state index in [1.807, 2.05) is 60.4 Å².